The normalized spacial score (nSPS) is 11.8. The van der Waals surface area contributed by atoms with Crippen LogP contribution < -0.4 is 0 Å². The van der Waals surface area contributed by atoms with Crippen molar-refractivity contribution >= 4 is 29.3 Å². The largest absolute Gasteiger partial charge is 0.464 e. The second-order valence-electron chi connectivity index (χ2n) is 7.77. The van der Waals surface area contributed by atoms with Crippen LogP contribution in [0.3, 0.4) is 0 Å². The third-order valence-electron chi connectivity index (χ3n) is 5.80. The van der Waals surface area contributed by atoms with Gasteiger partial charge in [-0.15, -0.1) is 0 Å². The van der Waals surface area contributed by atoms with Crippen molar-refractivity contribution in [1.82, 2.24) is 9.47 Å². The van der Waals surface area contributed by atoms with Crippen molar-refractivity contribution in [3.63, 3.8) is 0 Å². The summed E-state index contributed by atoms with van der Waals surface area (Å²) in [6.45, 7) is 11.0. The predicted octanol–water partition coefficient (Wildman–Crippen LogP) is 4.71. The lowest BCUT2D eigenvalue weighted by Gasteiger charge is -2.29. The van der Waals surface area contributed by atoms with Crippen LogP contribution in [0, 0.1) is 13.8 Å². The number of carbonyl (C=O) groups excluding carboxylic acids is 3. The smallest absolute Gasteiger partial charge is 0.354 e. The van der Waals surface area contributed by atoms with Crippen molar-refractivity contribution in [2.45, 2.75) is 53.6 Å². The molecule has 2 rings (SSSR count). The van der Waals surface area contributed by atoms with Gasteiger partial charge in [0.05, 0.1) is 13.2 Å². The summed E-state index contributed by atoms with van der Waals surface area (Å²) in [5.74, 6) is -0.974. The molecule has 33 heavy (non-hydrogen) atoms. The molecular weight excluding hydrogens is 444 g/mol. The van der Waals surface area contributed by atoms with Crippen molar-refractivity contribution < 1.29 is 23.9 Å². The van der Waals surface area contributed by atoms with Gasteiger partial charge in [-0.3, -0.25) is 9.59 Å². The molecule has 0 saturated heterocycles. The maximum absolute atomic E-state index is 13.7. The molecule has 1 amide bonds. The summed E-state index contributed by atoms with van der Waals surface area (Å²) >= 11 is 5.97. The standard InChI is InChI=1S/C25H33ClN2O5/c1-7-27-17(4)21(16(3)22(27)25(31)32-6)23(29)18(5)28(14-9-15-33-8-2)24(30)19-10-12-20(26)13-11-19/h10-13,18H,7-9,14-15H2,1-6H3. The minimum Gasteiger partial charge on any atom is -0.464 e. The first-order chi connectivity index (χ1) is 15.7. The molecule has 0 radical (unpaired) electrons. The molecule has 0 saturated carbocycles. The van der Waals surface area contributed by atoms with E-state index in [1.54, 1.807) is 47.6 Å². The van der Waals surface area contributed by atoms with Crippen LogP contribution in [0.5, 0.6) is 0 Å². The van der Waals surface area contributed by atoms with E-state index < -0.39 is 12.0 Å². The molecule has 0 aliphatic carbocycles. The zero-order valence-electron chi connectivity index (χ0n) is 20.2. The number of esters is 1. The van der Waals surface area contributed by atoms with E-state index in [4.69, 9.17) is 21.1 Å². The monoisotopic (exact) mass is 476 g/mol. The molecule has 0 aliphatic rings. The average Bonchev–Trinajstić information content (AvgIpc) is 3.06. The Morgan fingerprint density at radius 3 is 2.30 bits per heavy atom. The summed E-state index contributed by atoms with van der Waals surface area (Å²) < 4.78 is 12.1. The molecule has 1 unspecified atom stereocenters. The van der Waals surface area contributed by atoms with E-state index in [1.165, 1.54) is 7.11 Å². The van der Waals surface area contributed by atoms with Crippen LogP contribution in [-0.2, 0) is 16.0 Å². The Morgan fingerprint density at radius 2 is 1.76 bits per heavy atom. The fourth-order valence-electron chi connectivity index (χ4n) is 4.07. The number of amides is 1. The molecular formula is C25H33ClN2O5. The van der Waals surface area contributed by atoms with Crippen molar-refractivity contribution in [1.29, 1.82) is 0 Å². The highest BCUT2D eigenvalue weighted by molar-refractivity contribution is 6.30. The number of nitrogens with zero attached hydrogens (tertiary/aromatic N) is 2. The number of hydrogen-bond donors (Lipinski definition) is 0. The summed E-state index contributed by atoms with van der Waals surface area (Å²) in [7, 11) is 1.32. The quantitative estimate of drug-likeness (QED) is 0.267. The highest BCUT2D eigenvalue weighted by Gasteiger charge is 2.33. The maximum Gasteiger partial charge on any atom is 0.354 e. The van der Waals surface area contributed by atoms with Crippen LogP contribution in [0.4, 0.5) is 0 Å². The number of ether oxygens (including phenoxy) is 2. The second-order valence-corrected chi connectivity index (χ2v) is 8.20. The Bertz CT molecular complexity index is 997. The van der Waals surface area contributed by atoms with Crippen LogP contribution >= 0.6 is 11.6 Å². The number of ketones is 1. The van der Waals surface area contributed by atoms with Gasteiger partial charge in [0.1, 0.15) is 5.69 Å². The fraction of sp³-hybridized carbons (Fsp3) is 0.480. The fourth-order valence-corrected chi connectivity index (χ4v) is 4.20. The molecule has 0 fully saturated rings. The average molecular weight is 477 g/mol. The lowest BCUT2D eigenvalue weighted by molar-refractivity contribution is 0.0584. The summed E-state index contributed by atoms with van der Waals surface area (Å²) in [5.41, 5.74) is 2.50. The Hall–Kier alpha value is -2.64. The van der Waals surface area contributed by atoms with E-state index in [-0.39, 0.29) is 11.7 Å². The number of Topliss-reactive ketones (excluding diaryl/α,β-unsaturated/α-hetero) is 1. The van der Waals surface area contributed by atoms with Crippen molar-refractivity contribution in [3.8, 4) is 0 Å². The molecule has 1 atom stereocenters. The topological polar surface area (TPSA) is 77.8 Å². The zero-order valence-corrected chi connectivity index (χ0v) is 21.0. The second kappa shape index (κ2) is 12.0. The van der Waals surface area contributed by atoms with E-state index in [1.807, 2.05) is 20.8 Å². The summed E-state index contributed by atoms with van der Waals surface area (Å²) in [6, 6.07) is 5.86. The van der Waals surface area contributed by atoms with E-state index in [2.05, 4.69) is 0 Å². The summed E-state index contributed by atoms with van der Waals surface area (Å²) in [4.78, 5) is 41.0. The van der Waals surface area contributed by atoms with Crippen LogP contribution in [0.1, 0.15) is 69.7 Å². The van der Waals surface area contributed by atoms with Gasteiger partial charge in [0.2, 0.25) is 0 Å². The molecule has 0 bridgehead atoms. The number of rotatable bonds is 11. The van der Waals surface area contributed by atoms with Crippen molar-refractivity contribution in [2.24, 2.45) is 0 Å². The number of carbonyl (C=O) groups is 3. The summed E-state index contributed by atoms with van der Waals surface area (Å²) in [6.07, 6.45) is 0.589. The third kappa shape index (κ3) is 5.84. The Balaban J connectivity index is 2.44. The first-order valence-corrected chi connectivity index (χ1v) is 11.5. The van der Waals surface area contributed by atoms with Gasteiger partial charge in [0.25, 0.3) is 5.91 Å². The number of benzene rings is 1. The molecule has 8 heteroatoms. The summed E-state index contributed by atoms with van der Waals surface area (Å²) in [5, 5.41) is 0.529. The first-order valence-electron chi connectivity index (χ1n) is 11.2. The van der Waals surface area contributed by atoms with Gasteiger partial charge in [0, 0.05) is 48.1 Å². The highest BCUT2D eigenvalue weighted by Crippen LogP contribution is 2.26. The minimum atomic E-state index is -0.745. The van der Waals surface area contributed by atoms with Crippen LogP contribution in [-0.4, -0.2) is 60.0 Å². The van der Waals surface area contributed by atoms with Gasteiger partial charge in [-0.2, -0.15) is 0 Å². The third-order valence-corrected chi connectivity index (χ3v) is 6.05. The number of halogens is 1. The van der Waals surface area contributed by atoms with Gasteiger partial charge in [-0.05, 0) is 70.9 Å². The Labute approximate surface area is 200 Å². The molecule has 0 aliphatic heterocycles. The predicted molar refractivity (Wildman–Crippen MR) is 128 cm³/mol. The van der Waals surface area contributed by atoms with Gasteiger partial charge in [-0.25, -0.2) is 4.79 Å². The molecule has 180 valence electrons. The molecule has 0 N–H and O–H groups in total. The first kappa shape index (κ1) is 26.6. The van der Waals surface area contributed by atoms with Crippen LogP contribution in [0.15, 0.2) is 24.3 Å². The highest BCUT2D eigenvalue weighted by atomic mass is 35.5. The van der Waals surface area contributed by atoms with Gasteiger partial charge < -0.3 is 18.9 Å². The maximum atomic E-state index is 13.7. The lowest BCUT2D eigenvalue weighted by Crippen LogP contribution is -2.44. The molecule has 0 spiro atoms. The van der Waals surface area contributed by atoms with Crippen molar-refractivity contribution in [3.05, 3.63) is 57.4 Å². The number of hydrogen-bond acceptors (Lipinski definition) is 5. The van der Waals surface area contributed by atoms with E-state index >= 15 is 0 Å². The number of methoxy groups -OCH3 is 1. The molecule has 7 nitrogen and oxygen atoms in total. The minimum absolute atomic E-state index is 0.221. The van der Waals surface area contributed by atoms with E-state index in [0.29, 0.717) is 65.8 Å². The van der Waals surface area contributed by atoms with Gasteiger partial charge >= 0.3 is 5.97 Å². The Morgan fingerprint density at radius 1 is 1.12 bits per heavy atom. The molecule has 1 aromatic carbocycles. The van der Waals surface area contributed by atoms with Gasteiger partial charge in [0.15, 0.2) is 5.78 Å². The van der Waals surface area contributed by atoms with E-state index in [9.17, 15) is 14.4 Å². The van der Waals surface area contributed by atoms with E-state index in [0.717, 1.165) is 0 Å². The molecule has 2 aromatic rings. The Kier molecular flexibility index (Phi) is 9.68. The SMILES string of the molecule is CCOCCCN(C(=O)c1ccc(Cl)cc1)C(C)C(=O)c1c(C)c(C(=O)OC)n(CC)c1C. The molecule has 1 aromatic heterocycles. The van der Waals surface area contributed by atoms with Crippen LogP contribution in [0.25, 0.3) is 0 Å². The van der Waals surface area contributed by atoms with Crippen LogP contribution in [0.2, 0.25) is 5.02 Å². The lowest BCUT2D eigenvalue weighted by atomic mass is 9.99. The zero-order chi connectivity index (χ0) is 24.7. The molecule has 1 heterocycles. The van der Waals surface area contributed by atoms with Gasteiger partial charge in [-0.1, -0.05) is 11.6 Å². The van der Waals surface area contributed by atoms with Crippen molar-refractivity contribution in [2.75, 3.05) is 26.9 Å². The number of aromatic nitrogens is 1.